The molecule has 2 aromatic carbocycles. The molecule has 0 bridgehead atoms. The molecule has 0 atom stereocenters. The van der Waals surface area contributed by atoms with E-state index in [1.165, 1.54) is 24.0 Å². The van der Waals surface area contributed by atoms with Crippen LogP contribution in [0.25, 0.3) is 0 Å². The number of nitrogens with one attached hydrogen (secondary N) is 1. The summed E-state index contributed by atoms with van der Waals surface area (Å²) in [5, 5.41) is 3.42. The van der Waals surface area contributed by atoms with Crippen LogP contribution in [0.15, 0.2) is 60.7 Å². The first-order chi connectivity index (χ1) is 11.7. The van der Waals surface area contributed by atoms with Gasteiger partial charge in [0.25, 0.3) is 0 Å². The first-order valence-electron chi connectivity index (χ1n) is 9.16. The van der Waals surface area contributed by atoms with Gasteiger partial charge in [0.1, 0.15) is 0 Å². The van der Waals surface area contributed by atoms with Gasteiger partial charge < -0.3 is 5.32 Å². The third kappa shape index (κ3) is 5.47. The Bertz CT molecular complexity index is 520. The Morgan fingerprint density at radius 2 is 1.25 bits per heavy atom. The molecule has 24 heavy (non-hydrogen) atoms. The zero-order valence-corrected chi connectivity index (χ0v) is 15.5. The fraction of sp³-hybridized carbons (Fsp3) is 0.455. The van der Waals surface area contributed by atoms with Gasteiger partial charge in [0.2, 0.25) is 0 Å². The lowest BCUT2D eigenvalue weighted by Crippen LogP contribution is -2.42. The second kappa shape index (κ2) is 9.61. The number of nitrogens with zero attached hydrogens (tertiary/aromatic N) is 1. The van der Waals surface area contributed by atoms with Crippen molar-refractivity contribution in [3.63, 3.8) is 0 Å². The van der Waals surface area contributed by atoms with Crippen molar-refractivity contribution in [3.05, 3.63) is 71.8 Å². The summed E-state index contributed by atoms with van der Waals surface area (Å²) in [5.74, 6) is 0. The summed E-state index contributed by atoms with van der Waals surface area (Å²) >= 11 is 0. The molecule has 0 aliphatic heterocycles. The van der Waals surface area contributed by atoms with Gasteiger partial charge in [0.15, 0.2) is 0 Å². The average Bonchev–Trinajstić information content (AvgIpc) is 2.63. The van der Waals surface area contributed by atoms with Crippen LogP contribution in [0, 0.1) is 5.41 Å². The van der Waals surface area contributed by atoms with Gasteiger partial charge in [-0.1, -0.05) is 74.5 Å². The molecule has 2 rings (SSSR count). The minimum absolute atomic E-state index is 0.332. The topological polar surface area (TPSA) is 15.3 Å². The van der Waals surface area contributed by atoms with Crippen molar-refractivity contribution < 1.29 is 0 Å². The van der Waals surface area contributed by atoms with Gasteiger partial charge in [0, 0.05) is 26.2 Å². The summed E-state index contributed by atoms with van der Waals surface area (Å²) in [5.41, 5.74) is 3.11. The number of hydrogen-bond acceptors (Lipinski definition) is 2. The van der Waals surface area contributed by atoms with Gasteiger partial charge in [-0.3, -0.25) is 4.90 Å². The third-order valence-corrected chi connectivity index (χ3v) is 5.11. The van der Waals surface area contributed by atoms with Crippen LogP contribution in [0.5, 0.6) is 0 Å². The van der Waals surface area contributed by atoms with E-state index < -0.39 is 0 Å². The van der Waals surface area contributed by atoms with E-state index in [2.05, 4.69) is 91.8 Å². The molecule has 2 nitrogen and oxygen atoms in total. The smallest absolute Gasteiger partial charge is 0.0237 e. The molecular formula is C22H32N2. The van der Waals surface area contributed by atoms with Crippen molar-refractivity contribution in [1.29, 1.82) is 0 Å². The minimum Gasteiger partial charge on any atom is -0.319 e. The molecule has 0 unspecified atom stereocenters. The van der Waals surface area contributed by atoms with E-state index in [1.807, 2.05) is 0 Å². The minimum atomic E-state index is 0.332. The van der Waals surface area contributed by atoms with Crippen LogP contribution in [0.2, 0.25) is 0 Å². The normalized spacial score (nSPS) is 11.8. The highest BCUT2D eigenvalue weighted by atomic mass is 15.1. The fourth-order valence-corrected chi connectivity index (χ4v) is 3.48. The zero-order valence-electron chi connectivity index (χ0n) is 15.5. The van der Waals surface area contributed by atoms with Gasteiger partial charge in [-0.05, 0) is 36.4 Å². The molecule has 2 aromatic rings. The number of hydrogen-bond donors (Lipinski definition) is 1. The van der Waals surface area contributed by atoms with E-state index in [-0.39, 0.29) is 0 Å². The van der Waals surface area contributed by atoms with E-state index in [4.69, 9.17) is 0 Å². The molecule has 0 amide bonds. The molecule has 130 valence electrons. The highest BCUT2D eigenvalue weighted by molar-refractivity contribution is 5.17. The first-order valence-corrected chi connectivity index (χ1v) is 9.16. The predicted molar refractivity (Wildman–Crippen MR) is 104 cm³/mol. The van der Waals surface area contributed by atoms with Gasteiger partial charge in [-0.25, -0.2) is 0 Å². The Labute approximate surface area is 147 Å². The quantitative estimate of drug-likeness (QED) is 0.680. The molecule has 0 saturated carbocycles. The largest absolute Gasteiger partial charge is 0.319 e. The van der Waals surface area contributed by atoms with E-state index in [0.29, 0.717) is 5.41 Å². The molecule has 1 N–H and O–H groups in total. The standard InChI is InChI=1S/C22H32N2/c1-4-22(5-2,18-23-3)19-24(16-20-12-8-6-9-13-20)17-21-14-10-7-11-15-21/h6-15,23H,4-5,16-19H2,1-3H3. The molecule has 0 aliphatic carbocycles. The Kier molecular flexibility index (Phi) is 7.48. The Morgan fingerprint density at radius 3 is 1.62 bits per heavy atom. The highest BCUT2D eigenvalue weighted by Crippen LogP contribution is 2.28. The third-order valence-electron chi connectivity index (χ3n) is 5.11. The number of benzene rings is 2. The maximum absolute atomic E-state index is 3.42. The van der Waals surface area contributed by atoms with Crippen LogP contribution in [-0.2, 0) is 13.1 Å². The summed E-state index contributed by atoms with van der Waals surface area (Å²) < 4.78 is 0. The molecule has 0 radical (unpaired) electrons. The van der Waals surface area contributed by atoms with Crippen molar-refractivity contribution in [2.45, 2.75) is 39.8 Å². The Morgan fingerprint density at radius 1 is 0.792 bits per heavy atom. The number of rotatable bonds is 10. The Hall–Kier alpha value is -1.64. The monoisotopic (exact) mass is 324 g/mol. The van der Waals surface area contributed by atoms with Crippen molar-refractivity contribution in [2.24, 2.45) is 5.41 Å². The van der Waals surface area contributed by atoms with Crippen LogP contribution in [0.4, 0.5) is 0 Å². The van der Waals surface area contributed by atoms with Gasteiger partial charge >= 0.3 is 0 Å². The molecule has 0 heterocycles. The van der Waals surface area contributed by atoms with Crippen LogP contribution in [-0.4, -0.2) is 25.0 Å². The van der Waals surface area contributed by atoms with Gasteiger partial charge in [-0.15, -0.1) is 0 Å². The van der Waals surface area contributed by atoms with Crippen molar-refractivity contribution >= 4 is 0 Å². The maximum atomic E-state index is 3.42. The van der Waals surface area contributed by atoms with Gasteiger partial charge in [-0.2, -0.15) is 0 Å². The highest BCUT2D eigenvalue weighted by Gasteiger charge is 2.28. The molecular weight excluding hydrogens is 292 g/mol. The molecule has 0 fully saturated rings. The summed E-state index contributed by atoms with van der Waals surface area (Å²) in [6.45, 7) is 8.83. The maximum Gasteiger partial charge on any atom is 0.0237 e. The zero-order chi connectivity index (χ0) is 17.3. The van der Waals surface area contributed by atoms with E-state index in [0.717, 1.165) is 26.2 Å². The van der Waals surface area contributed by atoms with E-state index in [9.17, 15) is 0 Å². The summed E-state index contributed by atoms with van der Waals surface area (Å²) in [6, 6.07) is 21.7. The van der Waals surface area contributed by atoms with Crippen molar-refractivity contribution in [3.8, 4) is 0 Å². The second-order valence-corrected chi connectivity index (χ2v) is 6.85. The molecule has 0 spiro atoms. The van der Waals surface area contributed by atoms with Gasteiger partial charge in [0.05, 0.1) is 0 Å². The lowest BCUT2D eigenvalue weighted by atomic mass is 9.81. The summed E-state index contributed by atoms with van der Waals surface area (Å²) in [6.07, 6.45) is 2.40. The lowest BCUT2D eigenvalue weighted by Gasteiger charge is -2.37. The molecule has 2 heteroatoms. The van der Waals surface area contributed by atoms with Crippen LogP contribution in [0.3, 0.4) is 0 Å². The molecule has 0 aliphatic rings. The first kappa shape index (κ1) is 18.7. The molecule has 0 saturated heterocycles. The predicted octanol–water partition coefficient (Wildman–Crippen LogP) is 4.71. The summed E-state index contributed by atoms with van der Waals surface area (Å²) in [7, 11) is 2.07. The van der Waals surface area contributed by atoms with Crippen molar-refractivity contribution in [2.75, 3.05) is 20.1 Å². The van der Waals surface area contributed by atoms with Crippen LogP contribution >= 0.6 is 0 Å². The molecule has 0 aromatic heterocycles. The SMILES string of the molecule is CCC(CC)(CNC)CN(Cc1ccccc1)Cc1ccccc1. The van der Waals surface area contributed by atoms with Crippen LogP contribution in [0.1, 0.15) is 37.8 Å². The lowest BCUT2D eigenvalue weighted by molar-refractivity contribution is 0.125. The van der Waals surface area contributed by atoms with E-state index >= 15 is 0 Å². The second-order valence-electron chi connectivity index (χ2n) is 6.85. The Balaban J connectivity index is 2.17. The summed E-state index contributed by atoms with van der Waals surface area (Å²) in [4.78, 5) is 2.61. The van der Waals surface area contributed by atoms with Crippen molar-refractivity contribution in [1.82, 2.24) is 10.2 Å². The van der Waals surface area contributed by atoms with Crippen LogP contribution < -0.4 is 5.32 Å². The van der Waals surface area contributed by atoms with E-state index in [1.54, 1.807) is 0 Å². The average molecular weight is 325 g/mol. The fourth-order valence-electron chi connectivity index (χ4n) is 3.48.